The van der Waals surface area contributed by atoms with E-state index in [1.807, 2.05) is 31.2 Å². The molecule has 3 rings (SSSR count). The van der Waals surface area contributed by atoms with Crippen LogP contribution in [0.5, 0.6) is 11.8 Å². The molecule has 7 nitrogen and oxygen atoms in total. The molecular weight excluding hydrogens is 344 g/mol. The van der Waals surface area contributed by atoms with Gasteiger partial charge in [-0.15, -0.1) is 0 Å². The number of aryl methyl sites for hydroxylation is 1. The molecule has 2 N–H and O–H groups in total. The molecule has 0 saturated heterocycles. The lowest BCUT2D eigenvalue weighted by Crippen LogP contribution is -2.11. The number of methoxy groups -OCH3 is 2. The van der Waals surface area contributed by atoms with E-state index < -0.39 is 0 Å². The third-order valence-electron chi connectivity index (χ3n) is 3.81. The third kappa shape index (κ3) is 4.72. The van der Waals surface area contributed by atoms with Crippen molar-refractivity contribution in [3.05, 3.63) is 65.7 Å². The second-order valence-electron chi connectivity index (χ2n) is 5.80. The van der Waals surface area contributed by atoms with Crippen molar-refractivity contribution in [2.45, 2.75) is 6.92 Å². The number of amides is 1. The summed E-state index contributed by atoms with van der Waals surface area (Å²) in [5.74, 6) is 0.935. The van der Waals surface area contributed by atoms with Gasteiger partial charge in [-0.3, -0.25) is 4.79 Å². The molecule has 0 aliphatic heterocycles. The fourth-order valence-electron chi connectivity index (χ4n) is 2.34. The molecule has 0 radical (unpaired) electrons. The number of hydrogen-bond donors (Lipinski definition) is 2. The van der Waals surface area contributed by atoms with Gasteiger partial charge in [-0.05, 0) is 43.3 Å². The Morgan fingerprint density at radius 3 is 1.96 bits per heavy atom. The standard InChI is InChI=1S/C20H20N4O3/c1-13-4-8-15(9-5-13)21-19(25)14-6-10-16(11-7-14)22-20-23-17(26-2)12-18(24-20)27-3/h4-12H,1-3H3,(H,21,25)(H,22,23,24). The largest absolute Gasteiger partial charge is 0.481 e. The Labute approximate surface area is 157 Å². The molecule has 27 heavy (non-hydrogen) atoms. The van der Waals surface area contributed by atoms with Crippen molar-refractivity contribution in [1.82, 2.24) is 9.97 Å². The molecule has 0 fully saturated rings. The fourth-order valence-corrected chi connectivity index (χ4v) is 2.34. The van der Waals surface area contributed by atoms with E-state index in [1.165, 1.54) is 14.2 Å². The van der Waals surface area contributed by atoms with E-state index in [0.717, 1.165) is 16.9 Å². The number of ether oxygens (including phenoxy) is 2. The zero-order chi connectivity index (χ0) is 19.2. The zero-order valence-electron chi connectivity index (χ0n) is 15.3. The summed E-state index contributed by atoms with van der Waals surface area (Å²) >= 11 is 0. The van der Waals surface area contributed by atoms with Gasteiger partial charge in [-0.25, -0.2) is 0 Å². The van der Waals surface area contributed by atoms with Crippen molar-refractivity contribution in [2.75, 3.05) is 24.9 Å². The lowest BCUT2D eigenvalue weighted by Gasteiger charge is -2.09. The highest BCUT2D eigenvalue weighted by molar-refractivity contribution is 6.04. The number of carbonyl (C=O) groups is 1. The van der Waals surface area contributed by atoms with Gasteiger partial charge in [0.2, 0.25) is 17.7 Å². The van der Waals surface area contributed by atoms with Gasteiger partial charge in [0.25, 0.3) is 5.91 Å². The first-order valence-electron chi connectivity index (χ1n) is 8.29. The summed E-state index contributed by atoms with van der Waals surface area (Å²) in [5, 5.41) is 5.93. The quantitative estimate of drug-likeness (QED) is 0.692. The second kappa shape index (κ2) is 8.18. The summed E-state index contributed by atoms with van der Waals surface area (Å²) in [7, 11) is 3.04. The number of aromatic nitrogens is 2. The Kier molecular flexibility index (Phi) is 5.51. The molecule has 3 aromatic rings. The summed E-state index contributed by atoms with van der Waals surface area (Å²) in [6.07, 6.45) is 0. The van der Waals surface area contributed by atoms with Gasteiger partial charge in [0.1, 0.15) is 0 Å². The molecule has 7 heteroatoms. The van der Waals surface area contributed by atoms with E-state index in [2.05, 4.69) is 20.6 Å². The first-order chi connectivity index (χ1) is 13.1. The van der Waals surface area contributed by atoms with Crippen LogP contribution in [0.1, 0.15) is 15.9 Å². The van der Waals surface area contributed by atoms with Crippen molar-refractivity contribution in [3.63, 3.8) is 0 Å². The number of hydrogen-bond acceptors (Lipinski definition) is 6. The van der Waals surface area contributed by atoms with Gasteiger partial charge in [-0.1, -0.05) is 17.7 Å². The summed E-state index contributed by atoms with van der Waals surface area (Å²) in [6.45, 7) is 2.00. The first kappa shape index (κ1) is 18.2. The van der Waals surface area contributed by atoms with Crippen LogP contribution in [-0.4, -0.2) is 30.1 Å². The van der Waals surface area contributed by atoms with Crippen molar-refractivity contribution < 1.29 is 14.3 Å². The van der Waals surface area contributed by atoms with Crippen LogP contribution in [-0.2, 0) is 0 Å². The summed E-state index contributed by atoms with van der Waals surface area (Å²) in [4.78, 5) is 20.8. The topological polar surface area (TPSA) is 85.4 Å². The fraction of sp³-hybridized carbons (Fsp3) is 0.150. The normalized spacial score (nSPS) is 10.2. The van der Waals surface area contributed by atoms with E-state index in [4.69, 9.17) is 9.47 Å². The molecule has 1 heterocycles. The monoisotopic (exact) mass is 364 g/mol. The molecule has 0 spiro atoms. The number of benzene rings is 2. The Balaban J connectivity index is 1.70. The number of nitrogens with one attached hydrogen (secondary N) is 2. The number of carbonyl (C=O) groups excluding carboxylic acids is 1. The first-order valence-corrected chi connectivity index (χ1v) is 8.29. The van der Waals surface area contributed by atoms with Crippen LogP contribution in [0.4, 0.5) is 17.3 Å². The highest BCUT2D eigenvalue weighted by atomic mass is 16.5. The van der Waals surface area contributed by atoms with Gasteiger partial charge < -0.3 is 20.1 Å². The Hall–Kier alpha value is -3.61. The van der Waals surface area contributed by atoms with Gasteiger partial charge in [0.15, 0.2) is 0 Å². The van der Waals surface area contributed by atoms with Gasteiger partial charge in [0, 0.05) is 16.9 Å². The van der Waals surface area contributed by atoms with Crippen molar-refractivity contribution >= 4 is 23.2 Å². The molecule has 0 bridgehead atoms. The van der Waals surface area contributed by atoms with Crippen LogP contribution >= 0.6 is 0 Å². The van der Waals surface area contributed by atoms with E-state index in [9.17, 15) is 4.79 Å². The Morgan fingerprint density at radius 2 is 1.41 bits per heavy atom. The minimum atomic E-state index is -0.176. The predicted molar refractivity (Wildman–Crippen MR) is 104 cm³/mol. The smallest absolute Gasteiger partial charge is 0.255 e. The lowest BCUT2D eigenvalue weighted by molar-refractivity contribution is 0.102. The number of rotatable bonds is 6. The van der Waals surface area contributed by atoms with E-state index >= 15 is 0 Å². The van der Waals surface area contributed by atoms with E-state index in [0.29, 0.717) is 23.3 Å². The van der Waals surface area contributed by atoms with Crippen LogP contribution in [0.3, 0.4) is 0 Å². The summed E-state index contributed by atoms with van der Waals surface area (Å²) < 4.78 is 10.3. The SMILES string of the molecule is COc1cc(OC)nc(Nc2ccc(C(=O)Nc3ccc(C)cc3)cc2)n1. The van der Waals surface area contributed by atoms with E-state index in [-0.39, 0.29) is 5.91 Å². The van der Waals surface area contributed by atoms with Gasteiger partial charge in [0.05, 0.1) is 20.3 Å². The third-order valence-corrected chi connectivity index (χ3v) is 3.81. The molecule has 0 unspecified atom stereocenters. The second-order valence-corrected chi connectivity index (χ2v) is 5.80. The maximum atomic E-state index is 12.3. The van der Waals surface area contributed by atoms with Gasteiger partial charge >= 0.3 is 0 Å². The molecule has 2 aromatic carbocycles. The molecule has 1 aromatic heterocycles. The van der Waals surface area contributed by atoms with Crippen molar-refractivity contribution in [3.8, 4) is 11.8 Å². The van der Waals surface area contributed by atoms with Crippen LogP contribution in [0, 0.1) is 6.92 Å². The van der Waals surface area contributed by atoms with Crippen LogP contribution in [0.2, 0.25) is 0 Å². The van der Waals surface area contributed by atoms with Crippen LogP contribution in [0.15, 0.2) is 54.6 Å². The molecule has 1 amide bonds. The number of anilines is 3. The lowest BCUT2D eigenvalue weighted by atomic mass is 10.1. The maximum absolute atomic E-state index is 12.3. The molecule has 0 aliphatic rings. The Morgan fingerprint density at radius 1 is 0.852 bits per heavy atom. The average molecular weight is 364 g/mol. The van der Waals surface area contributed by atoms with Gasteiger partial charge in [-0.2, -0.15) is 9.97 Å². The molecule has 138 valence electrons. The minimum absolute atomic E-state index is 0.176. The molecule has 0 saturated carbocycles. The summed E-state index contributed by atoms with van der Waals surface area (Å²) in [5.41, 5.74) is 3.17. The summed E-state index contributed by atoms with van der Waals surface area (Å²) in [6, 6.07) is 16.2. The number of nitrogens with zero attached hydrogens (tertiary/aromatic N) is 2. The average Bonchev–Trinajstić information content (AvgIpc) is 2.70. The minimum Gasteiger partial charge on any atom is -0.481 e. The molecular formula is C20H20N4O3. The zero-order valence-corrected chi connectivity index (χ0v) is 15.3. The highest BCUT2D eigenvalue weighted by Crippen LogP contribution is 2.21. The molecule has 0 aliphatic carbocycles. The van der Waals surface area contributed by atoms with Crippen LogP contribution in [0.25, 0.3) is 0 Å². The molecule has 0 atom stereocenters. The van der Waals surface area contributed by atoms with Crippen molar-refractivity contribution in [2.24, 2.45) is 0 Å². The maximum Gasteiger partial charge on any atom is 0.255 e. The highest BCUT2D eigenvalue weighted by Gasteiger charge is 2.08. The van der Waals surface area contributed by atoms with Crippen molar-refractivity contribution in [1.29, 1.82) is 0 Å². The van der Waals surface area contributed by atoms with Crippen LogP contribution < -0.4 is 20.1 Å². The van der Waals surface area contributed by atoms with E-state index in [1.54, 1.807) is 30.3 Å². The predicted octanol–water partition coefficient (Wildman–Crippen LogP) is 3.80. The Bertz CT molecular complexity index is 903.